The van der Waals surface area contributed by atoms with Crippen molar-refractivity contribution in [3.05, 3.63) is 29.3 Å². The summed E-state index contributed by atoms with van der Waals surface area (Å²) in [6, 6.07) is 6.07. The molecule has 0 radical (unpaired) electrons. The summed E-state index contributed by atoms with van der Waals surface area (Å²) in [4.78, 5) is 14.0. The molecule has 4 nitrogen and oxygen atoms in total. The zero-order chi connectivity index (χ0) is 28.5. The van der Waals surface area contributed by atoms with E-state index in [-0.39, 0.29) is 11.5 Å². The van der Waals surface area contributed by atoms with Crippen molar-refractivity contribution in [2.75, 3.05) is 13.6 Å². The van der Waals surface area contributed by atoms with Gasteiger partial charge in [0.05, 0.1) is 6.10 Å². The minimum atomic E-state index is -0.134. The summed E-state index contributed by atoms with van der Waals surface area (Å²) >= 11 is 0. The number of phenols is 1. The molecule has 6 atom stereocenters. The van der Waals surface area contributed by atoms with Gasteiger partial charge in [0.1, 0.15) is 5.75 Å². The average molecular weight is 554 g/mol. The number of amides is 1. The van der Waals surface area contributed by atoms with Gasteiger partial charge < -0.3 is 15.1 Å². The van der Waals surface area contributed by atoms with Gasteiger partial charge in [-0.15, -0.1) is 0 Å². The molecule has 40 heavy (non-hydrogen) atoms. The third-order valence-corrected chi connectivity index (χ3v) is 11.3. The van der Waals surface area contributed by atoms with Crippen LogP contribution in [0.4, 0.5) is 0 Å². The number of hydrogen-bond donors (Lipinski definition) is 2. The first-order valence-electron chi connectivity index (χ1n) is 17.1. The van der Waals surface area contributed by atoms with Crippen LogP contribution in [-0.2, 0) is 11.2 Å². The Morgan fingerprint density at radius 3 is 2.35 bits per heavy atom. The summed E-state index contributed by atoms with van der Waals surface area (Å²) in [6.07, 6.45) is 22.6. The highest BCUT2D eigenvalue weighted by molar-refractivity contribution is 5.75. The van der Waals surface area contributed by atoms with Gasteiger partial charge in [-0.2, -0.15) is 0 Å². The smallest absolute Gasteiger partial charge is 0.222 e. The maximum atomic E-state index is 12.1. The molecule has 2 N–H and O–H groups in total. The Morgan fingerprint density at radius 1 is 0.975 bits per heavy atom. The SMILES string of the molecule is CCCCN(C)C(=O)CCCCCCCCCCCC[C@@H]1C[C@H](O)[C@@]2(C)CC[C@@H]3c4ccc(O)cc4CC[C@H]3[C@H]12. The van der Waals surface area contributed by atoms with Crippen molar-refractivity contribution in [1.29, 1.82) is 0 Å². The molecule has 0 bridgehead atoms. The minimum absolute atomic E-state index is 0.0958. The molecule has 0 aliphatic heterocycles. The first-order valence-corrected chi connectivity index (χ1v) is 17.1. The van der Waals surface area contributed by atoms with E-state index in [4.69, 9.17) is 0 Å². The molecule has 1 amide bonds. The van der Waals surface area contributed by atoms with Crippen molar-refractivity contribution in [2.24, 2.45) is 23.2 Å². The van der Waals surface area contributed by atoms with E-state index in [1.54, 1.807) is 0 Å². The van der Waals surface area contributed by atoms with Crippen molar-refractivity contribution in [3.63, 3.8) is 0 Å². The number of aliphatic hydroxyl groups excluding tert-OH is 1. The molecule has 0 aromatic heterocycles. The Balaban J connectivity index is 1.09. The molecule has 4 rings (SSSR count). The van der Waals surface area contributed by atoms with Crippen LogP contribution in [-0.4, -0.2) is 40.7 Å². The Morgan fingerprint density at radius 2 is 1.65 bits per heavy atom. The van der Waals surface area contributed by atoms with E-state index in [9.17, 15) is 15.0 Å². The third-order valence-electron chi connectivity index (χ3n) is 11.3. The van der Waals surface area contributed by atoms with Crippen LogP contribution in [0.3, 0.4) is 0 Å². The number of nitrogens with zero attached hydrogens (tertiary/aromatic N) is 1. The second-order valence-electron chi connectivity index (χ2n) is 14.0. The predicted molar refractivity (Wildman–Crippen MR) is 166 cm³/mol. The fourth-order valence-corrected chi connectivity index (χ4v) is 8.93. The molecule has 226 valence electrons. The summed E-state index contributed by atoms with van der Waals surface area (Å²) in [7, 11) is 1.95. The Labute approximate surface area is 245 Å². The second-order valence-corrected chi connectivity index (χ2v) is 14.0. The highest BCUT2D eigenvalue weighted by Crippen LogP contribution is 2.63. The van der Waals surface area contributed by atoms with Crippen molar-refractivity contribution in [2.45, 2.75) is 148 Å². The van der Waals surface area contributed by atoms with Crippen LogP contribution in [0.15, 0.2) is 18.2 Å². The largest absolute Gasteiger partial charge is 0.508 e. The molecule has 3 aliphatic carbocycles. The van der Waals surface area contributed by atoms with E-state index in [0.717, 1.165) is 51.5 Å². The molecule has 2 saturated carbocycles. The quantitative estimate of drug-likeness (QED) is 0.201. The van der Waals surface area contributed by atoms with Crippen LogP contribution >= 0.6 is 0 Å². The number of aliphatic hydroxyl groups is 1. The number of aromatic hydroxyl groups is 1. The molecule has 1 aromatic rings. The van der Waals surface area contributed by atoms with Gasteiger partial charge in [0.15, 0.2) is 0 Å². The molecule has 4 heteroatoms. The molecular formula is C36H59NO3. The van der Waals surface area contributed by atoms with E-state index in [0.29, 0.717) is 35.3 Å². The zero-order valence-electron chi connectivity index (χ0n) is 26.0. The van der Waals surface area contributed by atoms with E-state index in [2.05, 4.69) is 19.9 Å². The van der Waals surface area contributed by atoms with Crippen molar-refractivity contribution < 1.29 is 15.0 Å². The van der Waals surface area contributed by atoms with Crippen LogP contribution in [0.1, 0.15) is 146 Å². The van der Waals surface area contributed by atoms with Crippen LogP contribution < -0.4 is 0 Å². The molecule has 0 unspecified atom stereocenters. The lowest BCUT2D eigenvalue weighted by atomic mass is 9.53. The Kier molecular flexibility index (Phi) is 11.8. The van der Waals surface area contributed by atoms with Gasteiger partial charge in [-0.1, -0.05) is 90.5 Å². The summed E-state index contributed by atoms with van der Waals surface area (Å²) in [5.41, 5.74) is 2.94. The van der Waals surface area contributed by atoms with Crippen LogP contribution in [0, 0.1) is 23.2 Å². The number of hydrogen-bond acceptors (Lipinski definition) is 3. The fourth-order valence-electron chi connectivity index (χ4n) is 8.93. The first kappa shape index (κ1) is 31.4. The van der Waals surface area contributed by atoms with Gasteiger partial charge in [0.2, 0.25) is 5.91 Å². The second kappa shape index (κ2) is 15.1. The maximum Gasteiger partial charge on any atom is 0.222 e. The maximum absolute atomic E-state index is 12.1. The molecular weight excluding hydrogens is 494 g/mol. The molecule has 3 aliphatic rings. The number of unbranched alkanes of at least 4 members (excludes halogenated alkanes) is 10. The Hall–Kier alpha value is -1.55. The monoisotopic (exact) mass is 553 g/mol. The number of carbonyl (C=O) groups is 1. The van der Waals surface area contributed by atoms with Crippen molar-refractivity contribution >= 4 is 5.91 Å². The number of fused-ring (bicyclic) bond motifs is 5. The minimum Gasteiger partial charge on any atom is -0.508 e. The van der Waals surface area contributed by atoms with Gasteiger partial charge in [0, 0.05) is 20.0 Å². The number of rotatable bonds is 16. The van der Waals surface area contributed by atoms with Gasteiger partial charge in [-0.05, 0) is 97.3 Å². The molecule has 2 fully saturated rings. The van der Waals surface area contributed by atoms with Crippen LogP contribution in [0.2, 0.25) is 0 Å². The third kappa shape index (κ3) is 7.64. The summed E-state index contributed by atoms with van der Waals surface area (Å²) in [6.45, 7) is 5.47. The van der Waals surface area contributed by atoms with Gasteiger partial charge in [-0.25, -0.2) is 0 Å². The first-order chi connectivity index (χ1) is 19.3. The number of phenolic OH excluding ortho intramolecular Hbond substituents is 1. The van der Waals surface area contributed by atoms with Gasteiger partial charge >= 0.3 is 0 Å². The Bertz CT molecular complexity index is 931. The van der Waals surface area contributed by atoms with Crippen LogP contribution in [0.25, 0.3) is 0 Å². The van der Waals surface area contributed by atoms with Crippen molar-refractivity contribution in [3.8, 4) is 5.75 Å². The normalized spacial score (nSPS) is 29.1. The van der Waals surface area contributed by atoms with E-state index in [1.807, 2.05) is 24.1 Å². The lowest BCUT2D eigenvalue weighted by molar-refractivity contribution is -0.130. The zero-order valence-corrected chi connectivity index (χ0v) is 26.0. The lowest BCUT2D eigenvalue weighted by Crippen LogP contribution is -2.45. The van der Waals surface area contributed by atoms with Crippen molar-refractivity contribution in [1.82, 2.24) is 4.90 Å². The molecule has 1 aromatic carbocycles. The summed E-state index contributed by atoms with van der Waals surface area (Å²) < 4.78 is 0. The van der Waals surface area contributed by atoms with E-state index >= 15 is 0 Å². The van der Waals surface area contributed by atoms with Gasteiger partial charge in [-0.3, -0.25) is 4.79 Å². The summed E-state index contributed by atoms with van der Waals surface area (Å²) in [5, 5.41) is 21.2. The fraction of sp³-hybridized carbons (Fsp3) is 0.806. The molecule has 0 heterocycles. The van der Waals surface area contributed by atoms with Crippen LogP contribution in [0.5, 0.6) is 5.75 Å². The van der Waals surface area contributed by atoms with E-state index in [1.165, 1.54) is 88.2 Å². The number of aryl methyl sites for hydroxylation is 1. The van der Waals surface area contributed by atoms with E-state index < -0.39 is 0 Å². The summed E-state index contributed by atoms with van der Waals surface area (Å²) in [5.74, 6) is 3.35. The highest BCUT2D eigenvalue weighted by Gasteiger charge is 2.58. The average Bonchev–Trinajstić information content (AvgIpc) is 3.21. The van der Waals surface area contributed by atoms with Gasteiger partial charge in [0.25, 0.3) is 0 Å². The molecule has 0 saturated heterocycles. The lowest BCUT2D eigenvalue weighted by Gasteiger charge is -2.51. The number of benzene rings is 1. The number of carbonyl (C=O) groups excluding carboxylic acids is 1. The highest BCUT2D eigenvalue weighted by atomic mass is 16.3. The topological polar surface area (TPSA) is 60.8 Å². The predicted octanol–water partition coefficient (Wildman–Crippen LogP) is 8.78. The standard InChI is InChI=1S/C36H59NO3/c1-4-5-24-37(3)34(40)17-15-13-11-9-7-6-8-10-12-14-16-28-26-33(39)36(2)23-22-31-30-21-19-29(38)25-27(30)18-20-32(31)35(28)36/h19,21,25,28,31-33,35,38-39H,4-18,20,22-24,26H2,1-3H3/t28-,31-,32-,33+,35+,36-/m1/s1. The molecule has 0 spiro atoms.